The number of hydrogen-bond donors (Lipinski definition) is 1. The molecule has 0 spiro atoms. The van der Waals surface area contributed by atoms with Crippen LogP contribution in [0.4, 0.5) is 0 Å². The fraction of sp³-hybridized carbons (Fsp3) is 0.579. The third kappa shape index (κ3) is 6.11. The SMILES string of the molecule is CCCCCCOc1ccc(C(=O)NC(=S)N2CCCCC2)cc1. The Balaban J connectivity index is 1.77. The maximum atomic E-state index is 12.3. The largest absolute Gasteiger partial charge is 0.494 e. The molecule has 1 aliphatic rings. The summed E-state index contributed by atoms with van der Waals surface area (Å²) in [6.45, 7) is 4.79. The van der Waals surface area contributed by atoms with Gasteiger partial charge in [0.2, 0.25) is 0 Å². The van der Waals surface area contributed by atoms with Crippen LogP contribution in [0.15, 0.2) is 24.3 Å². The zero-order valence-corrected chi connectivity index (χ0v) is 15.4. The van der Waals surface area contributed by atoms with Crippen molar-refractivity contribution in [3.05, 3.63) is 29.8 Å². The first-order chi connectivity index (χ1) is 11.7. The molecule has 0 aliphatic carbocycles. The van der Waals surface area contributed by atoms with Gasteiger partial charge in [-0.05, 0) is 62.2 Å². The molecule has 1 amide bonds. The van der Waals surface area contributed by atoms with Crippen molar-refractivity contribution in [3.8, 4) is 5.75 Å². The number of nitrogens with one attached hydrogen (secondary N) is 1. The number of benzene rings is 1. The van der Waals surface area contributed by atoms with Gasteiger partial charge in [-0.3, -0.25) is 10.1 Å². The summed E-state index contributed by atoms with van der Waals surface area (Å²) in [5.74, 6) is 0.654. The zero-order valence-electron chi connectivity index (χ0n) is 14.6. The summed E-state index contributed by atoms with van der Waals surface area (Å²) in [6.07, 6.45) is 8.27. The van der Waals surface area contributed by atoms with Crippen molar-refractivity contribution in [3.63, 3.8) is 0 Å². The number of nitrogens with zero attached hydrogens (tertiary/aromatic N) is 1. The number of ether oxygens (including phenoxy) is 1. The molecule has 0 atom stereocenters. The molecule has 1 heterocycles. The van der Waals surface area contributed by atoms with E-state index in [1.54, 1.807) is 12.1 Å². The summed E-state index contributed by atoms with van der Waals surface area (Å²) in [6, 6.07) is 7.27. The first-order valence-electron chi connectivity index (χ1n) is 9.04. The third-order valence-corrected chi connectivity index (χ3v) is 4.61. The third-order valence-electron chi connectivity index (χ3n) is 4.25. The van der Waals surface area contributed by atoms with Gasteiger partial charge in [-0.25, -0.2) is 0 Å². The van der Waals surface area contributed by atoms with Crippen LogP contribution in [0.3, 0.4) is 0 Å². The van der Waals surface area contributed by atoms with Gasteiger partial charge in [0, 0.05) is 18.7 Å². The molecule has 0 unspecified atom stereocenters. The summed E-state index contributed by atoms with van der Waals surface area (Å²) in [7, 11) is 0. The van der Waals surface area contributed by atoms with Crippen LogP contribution in [0.1, 0.15) is 62.2 Å². The van der Waals surface area contributed by atoms with E-state index in [0.717, 1.165) is 44.7 Å². The first kappa shape index (κ1) is 18.7. The van der Waals surface area contributed by atoms with E-state index in [-0.39, 0.29) is 5.91 Å². The molecule has 1 aromatic carbocycles. The van der Waals surface area contributed by atoms with Crippen LogP contribution in [-0.4, -0.2) is 35.6 Å². The monoisotopic (exact) mass is 348 g/mol. The number of hydrogen-bond acceptors (Lipinski definition) is 3. The van der Waals surface area contributed by atoms with Crippen molar-refractivity contribution in [2.75, 3.05) is 19.7 Å². The number of carbonyl (C=O) groups excluding carboxylic acids is 1. The van der Waals surface area contributed by atoms with Gasteiger partial charge in [0.05, 0.1) is 6.61 Å². The highest BCUT2D eigenvalue weighted by molar-refractivity contribution is 7.80. The molecule has 0 aromatic heterocycles. The highest BCUT2D eigenvalue weighted by Crippen LogP contribution is 2.14. The topological polar surface area (TPSA) is 41.6 Å². The number of rotatable bonds is 7. The Kier molecular flexibility index (Phi) is 8.02. The smallest absolute Gasteiger partial charge is 0.257 e. The number of piperidine rings is 1. The first-order valence-corrected chi connectivity index (χ1v) is 9.44. The minimum Gasteiger partial charge on any atom is -0.494 e. The molecule has 4 nitrogen and oxygen atoms in total. The number of likely N-dealkylation sites (tertiary alicyclic amines) is 1. The molecular formula is C19H28N2O2S. The van der Waals surface area contributed by atoms with Crippen LogP contribution in [0, 0.1) is 0 Å². The van der Waals surface area contributed by atoms with Crippen LogP contribution >= 0.6 is 12.2 Å². The second kappa shape index (κ2) is 10.3. The van der Waals surface area contributed by atoms with E-state index in [9.17, 15) is 4.79 Å². The van der Waals surface area contributed by atoms with Crippen molar-refractivity contribution in [2.24, 2.45) is 0 Å². The van der Waals surface area contributed by atoms with Crippen molar-refractivity contribution < 1.29 is 9.53 Å². The van der Waals surface area contributed by atoms with Crippen LogP contribution in [0.5, 0.6) is 5.75 Å². The number of thiocarbonyl (C=S) groups is 1. The fourth-order valence-electron chi connectivity index (χ4n) is 2.77. The quantitative estimate of drug-likeness (QED) is 0.594. The lowest BCUT2D eigenvalue weighted by molar-refractivity contribution is 0.0972. The zero-order chi connectivity index (χ0) is 17.2. The summed E-state index contributed by atoms with van der Waals surface area (Å²) in [4.78, 5) is 14.3. The fourth-order valence-corrected chi connectivity index (χ4v) is 3.04. The summed E-state index contributed by atoms with van der Waals surface area (Å²) < 4.78 is 5.70. The van der Waals surface area contributed by atoms with Crippen molar-refractivity contribution in [1.82, 2.24) is 10.2 Å². The van der Waals surface area contributed by atoms with Crippen LogP contribution in [0.25, 0.3) is 0 Å². The Morgan fingerprint density at radius 3 is 2.50 bits per heavy atom. The Morgan fingerprint density at radius 1 is 1.12 bits per heavy atom. The van der Waals surface area contributed by atoms with E-state index in [0.29, 0.717) is 10.7 Å². The number of carbonyl (C=O) groups is 1. The molecular weight excluding hydrogens is 320 g/mol. The lowest BCUT2D eigenvalue weighted by Gasteiger charge is -2.28. The second-order valence-electron chi connectivity index (χ2n) is 6.24. The number of amides is 1. The van der Waals surface area contributed by atoms with E-state index < -0.39 is 0 Å². The van der Waals surface area contributed by atoms with Gasteiger partial charge >= 0.3 is 0 Å². The second-order valence-corrected chi connectivity index (χ2v) is 6.63. The van der Waals surface area contributed by atoms with E-state index in [1.165, 1.54) is 25.7 Å². The van der Waals surface area contributed by atoms with Crippen molar-refractivity contribution in [2.45, 2.75) is 51.9 Å². The van der Waals surface area contributed by atoms with Crippen molar-refractivity contribution >= 4 is 23.2 Å². The molecule has 1 aliphatic heterocycles. The van der Waals surface area contributed by atoms with Crippen LogP contribution < -0.4 is 10.1 Å². The molecule has 5 heteroatoms. The molecule has 0 bridgehead atoms. The van der Waals surface area contributed by atoms with Gasteiger partial charge in [0.25, 0.3) is 5.91 Å². The predicted molar refractivity (Wildman–Crippen MR) is 102 cm³/mol. The van der Waals surface area contributed by atoms with Crippen LogP contribution in [-0.2, 0) is 0 Å². The minimum absolute atomic E-state index is 0.153. The highest BCUT2D eigenvalue weighted by atomic mass is 32.1. The summed E-state index contributed by atoms with van der Waals surface area (Å²) >= 11 is 5.34. The maximum absolute atomic E-state index is 12.3. The van der Waals surface area contributed by atoms with Crippen LogP contribution in [0.2, 0.25) is 0 Å². The highest BCUT2D eigenvalue weighted by Gasteiger charge is 2.16. The average Bonchev–Trinajstić information content (AvgIpc) is 2.62. The minimum atomic E-state index is -0.153. The van der Waals surface area contributed by atoms with Gasteiger partial charge in [-0.1, -0.05) is 26.2 Å². The lowest BCUT2D eigenvalue weighted by atomic mass is 10.1. The van der Waals surface area contributed by atoms with Gasteiger partial charge < -0.3 is 9.64 Å². The molecule has 1 saturated heterocycles. The maximum Gasteiger partial charge on any atom is 0.257 e. The lowest BCUT2D eigenvalue weighted by Crippen LogP contribution is -2.44. The normalized spacial score (nSPS) is 14.3. The molecule has 2 rings (SSSR count). The molecule has 0 radical (unpaired) electrons. The average molecular weight is 349 g/mol. The molecule has 132 valence electrons. The van der Waals surface area contributed by atoms with Gasteiger partial charge in [0.15, 0.2) is 5.11 Å². The molecule has 0 saturated carbocycles. The summed E-state index contributed by atoms with van der Waals surface area (Å²) in [5.41, 5.74) is 0.604. The molecule has 1 N–H and O–H groups in total. The van der Waals surface area contributed by atoms with Crippen molar-refractivity contribution in [1.29, 1.82) is 0 Å². The van der Waals surface area contributed by atoms with E-state index in [1.807, 2.05) is 12.1 Å². The Morgan fingerprint density at radius 2 is 1.83 bits per heavy atom. The predicted octanol–water partition coefficient (Wildman–Crippen LogP) is 4.15. The molecule has 1 aromatic rings. The Bertz CT molecular complexity index is 525. The summed E-state index contributed by atoms with van der Waals surface area (Å²) in [5, 5.41) is 3.37. The molecule has 1 fully saturated rings. The molecule has 24 heavy (non-hydrogen) atoms. The number of unbranched alkanes of at least 4 members (excludes halogenated alkanes) is 3. The van der Waals surface area contributed by atoms with E-state index >= 15 is 0 Å². The Hall–Kier alpha value is -1.62. The van der Waals surface area contributed by atoms with Gasteiger partial charge in [-0.2, -0.15) is 0 Å². The van der Waals surface area contributed by atoms with E-state index in [2.05, 4.69) is 17.1 Å². The van der Waals surface area contributed by atoms with Gasteiger partial charge in [-0.15, -0.1) is 0 Å². The van der Waals surface area contributed by atoms with E-state index in [4.69, 9.17) is 17.0 Å². The standard InChI is InChI=1S/C19H28N2O2S/c1-2-3-4-8-15-23-17-11-9-16(10-12-17)18(22)20-19(24)21-13-6-5-7-14-21/h9-12H,2-8,13-15H2,1H3,(H,20,22,24). The Labute approximate surface area is 150 Å². The van der Waals surface area contributed by atoms with Gasteiger partial charge in [0.1, 0.15) is 5.75 Å².